The van der Waals surface area contributed by atoms with Crippen LogP contribution in [0.15, 0.2) is 71.8 Å². The molecule has 0 aliphatic carbocycles. The molecule has 3 N–H and O–H groups in total. The topological polar surface area (TPSA) is 234 Å². The monoisotopic (exact) mass is 766 g/mol. The second-order valence-electron chi connectivity index (χ2n) is 12.3. The van der Waals surface area contributed by atoms with Crippen molar-refractivity contribution in [3.63, 3.8) is 0 Å². The van der Waals surface area contributed by atoms with Crippen LogP contribution >= 0.6 is 23.1 Å². The third kappa shape index (κ3) is 6.95. The highest BCUT2D eigenvalue weighted by atomic mass is 32.2. The minimum atomic E-state index is -1.12. The molecule has 0 spiro atoms. The molecule has 53 heavy (non-hydrogen) atoms. The summed E-state index contributed by atoms with van der Waals surface area (Å²) in [6, 6.07) is 10.4. The van der Waals surface area contributed by atoms with Crippen LogP contribution in [0, 0.1) is 32.1 Å². The fraction of sp³-hybridized carbons (Fsp3) is 0.303. The molecule has 276 valence electrons. The normalized spacial score (nSPS) is 18.4. The van der Waals surface area contributed by atoms with Gasteiger partial charge in [0.05, 0.1) is 32.8 Å². The number of nitrogens with zero attached hydrogens (tertiary/aromatic N) is 6. The fourth-order valence-corrected chi connectivity index (χ4v) is 8.62. The van der Waals surface area contributed by atoms with E-state index in [0.29, 0.717) is 36.4 Å². The fourth-order valence-electron chi connectivity index (χ4n) is 6.44. The lowest BCUT2D eigenvalue weighted by Gasteiger charge is -2.46. The summed E-state index contributed by atoms with van der Waals surface area (Å²) in [6.45, 7) is 2.59. The van der Waals surface area contributed by atoms with E-state index in [-0.39, 0.29) is 42.7 Å². The Kier molecular flexibility index (Phi) is 10.3. The van der Waals surface area contributed by atoms with Crippen LogP contribution in [0.5, 0.6) is 0 Å². The van der Waals surface area contributed by atoms with E-state index < -0.39 is 51.8 Å². The SMILES string of the molecule is CSc1c2sc(C3=C(C(=O)OCc4ccc([N+](=O)[O-])cc4)N4C(=O)[C@H]([C@@H](C)O)[C@H]4[C@H]3C)cn2c[n+]1CC(=O)N(N)C(=O)OCc1ccc([N+](=O)[O-])cc1. The van der Waals surface area contributed by atoms with E-state index in [9.17, 15) is 44.5 Å². The first-order valence-electron chi connectivity index (χ1n) is 15.9. The van der Waals surface area contributed by atoms with Gasteiger partial charge in [0.15, 0.2) is 6.54 Å². The van der Waals surface area contributed by atoms with Gasteiger partial charge in [-0.15, -0.1) is 0 Å². The van der Waals surface area contributed by atoms with Gasteiger partial charge in [-0.05, 0) is 48.6 Å². The Morgan fingerprint density at radius 2 is 1.60 bits per heavy atom. The maximum atomic E-state index is 13.7. The van der Waals surface area contributed by atoms with Gasteiger partial charge in [0.1, 0.15) is 25.1 Å². The summed E-state index contributed by atoms with van der Waals surface area (Å²) in [6.07, 6.45) is 3.10. The number of nitro groups is 2. The number of carbonyl (C=O) groups excluding carboxylic acids is 4. The lowest BCUT2D eigenvalue weighted by Crippen LogP contribution is -2.63. The van der Waals surface area contributed by atoms with E-state index in [1.807, 2.05) is 6.92 Å². The number of nitrogens with two attached hydrogens (primary N) is 1. The molecule has 4 atom stereocenters. The summed E-state index contributed by atoms with van der Waals surface area (Å²) in [4.78, 5) is 76.0. The van der Waals surface area contributed by atoms with Crippen molar-refractivity contribution >= 4 is 68.8 Å². The number of β-lactam (4-membered cyclic amide) rings is 1. The lowest BCUT2D eigenvalue weighted by molar-refractivity contribution is -0.718. The summed E-state index contributed by atoms with van der Waals surface area (Å²) >= 11 is 2.63. The Morgan fingerprint density at radius 1 is 1.04 bits per heavy atom. The molecular weight excluding hydrogens is 735 g/mol. The minimum absolute atomic E-state index is 0.0515. The number of thioether (sulfide) groups is 1. The van der Waals surface area contributed by atoms with Gasteiger partial charge >= 0.3 is 12.1 Å². The van der Waals surface area contributed by atoms with Crippen LogP contribution in [0.3, 0.4) is 0 Å². The number of ether oxygens (including phenoxy) is 2. The molecule has 0 unspecified atom stereocenters. The third-order valence-electron chi connectivity index (χ3n) is 9.03. The maximum absolute atomic E-state index is 13.7. The molecule has 6 rings (SSSR count). The second-order valence-corrected chi connectivity index (χ2v) is 14.1. The number of hydrazine groups is 1. The van der Waals surface area contributed by atoms with Crippen molar-refractivity contribution in [2.24, 2.45) is 17.7 Å². The van der Waals surface area contributed by atoms with Crippen LogP contribution in [0.2, 0.25) is 0 Å². The van der Waals surface area contributed by atoms with E-state index in [4.69, 9.17) is 15.3 Å². The predicted molar refractivity (Wildman–Crippen MR) is 186 cm³/mol. The van der Waals surface area contributed by atoms with Crippen molar-refractivity contribution < 1.29 is 48.2 Å². The van der Waals surface area contributed by atoms with Gasteiger partial charge in [0, 0.05) is 35.8 Å². The molecule has 3 amide bonds. The molecule has 1 saturated heterocycles. The number of aliphatic hydroxyl groups is 1. The Hall–Kier alpha value is -5.70. The van der Waals surface area contributed by atoms with Gasteiger partial charge in [-0.2, -0.15) is 9.41 Å². The number of fused-ring (bicyclic) bond motifs is 2. The lowest BCUT2D eigenvalue weighted by atomic mass is 9.77. The zero-order valence-electron chi connectivity index (χ0n) is 28.3. The summed E-state index contributed by atoms with van der Waals surface area (Å²) in [5, 5.41) is 33.3. The number of esters is 1. The van der Waals surface area contributed by atoms with Gasteiger partial charge in [-0.1, -0.05) is 30.0 Å². The average Bonchev–Trinajstić information content (AvgIpc) is 3.75. The van der Waals surface area contributed by atoms with Crippen molar-refractivity contribution in [2.75, 3.05) is 6.26 Å². The number of nitro benzene ring substituents is 2. The number of amides is 3. The standard InChI is InChI=1S/C33H32N7O11S2/c1-17-25(28(37-27(17)26(18(2)41)29(37)43)32(44)50-14-19-4-8-21(9-5-19)39(46)47)23-12-35-16-36(30(52-3)31(35)53-23)13-24(42)38(34)33(45)51-15-20-6-10-22(11-7-20)40(48)49/h4-12,16-18,26-27,41H,13-15,34H2,1-3H3/q+1/t17-,18+,26+,27+/m0/s1. The molecule has 0 bridgehead atoms. The van der Waals surface area contributed by atoms with Crippen molar-refractivity contribution in [3.05, 3.63) is 103 Å². The molecule has 4 heterocycles. The molecule has 1 fully saturated rings. The van der Waals surface area contributed by atoms with Gasteiger partial charge < -0.3 is 19.5 Å². The molecule has 2 aromatic carbocycles. The molecule has 18 nitrogen and oxygen atoms in total. The Balaban J connectivity index is 1.22. The molecular formula is C33H32N7O11S2+. The summed E-state index contributed by atoms with van der Waals surface area (Å²) < 4.78 is 14.1. The molecule has 4 aromatic rings. The summed E-state index contributed by atoms with van der Waals surface area (Å²) in [7, 11) is 0. The van der Waals surface area contributed by atoms with Crippen molar-refractivity contribution in [3.8, 4) is 0 Å². The van der Waals surface area contributed by atoms with Crippen LogP contribution in [0.25, 0.3) is 10.4 Å². The van der Waals surface area contributed by atoms with Gasteiger partial charge in [-0.25, -0.2) is 20.0 Å². The summed E-state index contributed by atoms with van der Waals surface area (Å²) in [5.74, 6) is 2.74. The van der Waals surface area contributed by atoms with Crippen molar-refractivity contribution in [1.29, 1.82) is 0 Å². The largest absolute Gasteiger partial charge is 0.456 e. The van der Waals surface area contributed by atoms with E-state index in [2.05, 4.69) is 0 Å². The number of imidazole rings is 1. The Bertz CT molecular complexity index is 2180. The zero-order chi connectivity index (χ0) is 38.3. The smallest absolute Gasteiger partial charge is 0.431 e. The molecule has 0 saturated carbocycles. The first-order chi connectivity index (χ1) is 25.2. The highest BCUT2D eigenvalue weighted by Crippen LogP contribution is 2.52. The third-order valence-corrected chi connectivity index (χ3v) is 11.1. The zero-order valence-corrected chi connectivity index (χ0v) is 29.9. The van der Waals surface area contributed by atoms with Crippen molar-refractivity contribution in [1.82, 2.24) is 14.3 Å². The molecule has 2 aromatic heterocycles. The first-order valence-corrected chi connectivity index (χ1v) is 18.0. The number of thiazole rings is 1. The number of aromatic nitrogens is 2. The second kappa shape index (κ2) is 14.7. The van der Waals surface area contributed by atoms with E-state index in [0.717, 1.165) is 0 Å². The minimum Gasteiger partial charge on any atom is -0.456 e. The van der Waals surface area contributed by atoms with E-state index >= 15 is 0 Å². The number of carbonyl (C=O) groups is 4. The highest BCUT2D eigenvalue weighted by Gasteiger charge is 2.60. The molecule has 2 aliphatic rings. The average molecular weight is 767 g/mol. The predicted octanol–water partition coefficient (Wildman–Crippen LogP) is 3.18. The Labute approximate surface area is 308 Å². The van der Waals surface area contributed by atoms with Crippen LogP contribution in [-0.4, -0.2) is 71.5 Å². The number of aliphatic hydroxyl groups excluding tert-OH is 1. The first kappa shape index (κ1) is 37.1. The number of rotatable bonds is 12. The number of imide groups is 1. The molecule has 20 heteroatoms. The van der Waals surface area contributed by atoms with E-state index in [1.54, 1.807) is 27.7 Å². The number of non-ortho nitro benzene ring substituents is 2. The number of hydrogen-bond acceptors (Lipinski definition) is 14. The maximum Gasteiger partial charge on any atom is 0.431 e. The van der Waals surface area contributed by atoms with Gasteiger partial charge in [0.25, 0.3) is 23.6 Å². The molecule has 2 aliphatic heterocycles. The quantitative estimate of drug-likeness (QED) is 0.0309. The number of hydrogen-bond donors (Lipinski definition) is 2. The highest BCUT2D eigenvalue weighted by molar-refractivity contribution is 7.98. The molecule has 0 radical (unpaired) electrons. The van der Waals surface area contributed by atoms with Crippen LogP contribution in [-0.2, 0) is 43.6 Å². The van der Waals surface area contributed by atoms with Crippen LogP contribution in [0.4, 0.5) is 16.2 Å². The van der Waals surface area contributed by atoms with Gasteiger partial charge in [0.2, 0.25) is 15.8 Å². The van der Waals surface area contributed by atoms with Gasteiger partial charge in [-0.3, -0.25) is 29.8 Å². The Morgan fingerprint density at radius 3 is 2.13 bits per heavy atom. The van der Waals surface area contributed by atoms with Crippen LogP contribution in [0.1, 0.15) is 29.9 Å². The van der Waals surface area contributed by atoms with E-state index in [1.165, 1.54) is 83.5 Å². The summed E-state index contributed by atoms with van der Waals surface area (Å²) in [5.41, 5.74) is 1.32. The van der Waals surface area contributed by atoms with Crippen LogP contribution < -0.4 is 10.4 Å². The van der Waals surface area contributed by atoms with Crippen molar-refractivity contribution in [2.45, 2.75) is 50.8 Å². The number of benzene rings is 2.